The Bertz CT molecular complexity index is 217. The van der Waals surface area contributed by atoms with Crippen LogP contribution >= 0.6 is 0 Å². The van der Waals surface area contributed by atoms with Gasteiger partial charge in [0.25, 0.3) is 0 Å². The summed E-state index contributed by atoms with van der Waals surface area (Å²) in [5.74, 6) is 1.60. The van der Waals surface area contributed by atoms with Gasteiger partial charge in [0.15, 0.2) is 0 Å². The Labute approximate surface area is 113 Å². The van der Waals surface area contributed by atoms with Gasteiger partial charge in [-0.1, -0.05) is 41.0 Å². The van der Waals surface area contributed by atoms with Crippen LogP contribution in [0.25, 0.3) is 0 Å². The van der Waals surface area contributed by atoms with Crippen LogP contribution in [0.2, 0.25) is 0 Å². The summed E-state index contributed by atoms with van der Waals surface area (Å²) in [6, 6.07) is 0. The molecule has 3 nitrogen and oxygen atoms in total. The maximum atomic E-state index is 11.8. The van der Waals surface area contributed by atoms with Crippen molar-refractivity contribution in [2.75, 3.05) is 26.2 Å². The van der Waals surface area contributed by atoms with Gasteiger partial charge in [0.2, 0.25) is 5.91 Å². The number of rotatable bonds is 10. The first-order valence-corrected chi connectivity index (χ1v) is 7.54. The van der Waals surface area contributed by atoms with Gasteiger partial charge in [-0.25, -0.2) is 0 Å². The Kier molecular flexibility index (Phi) is 10.0. The molecule has 0 rings (SSSR count). The topological polar surface area (TPSA) is 32.3 Å². The molecule has 0 aromatic rings. The fraction of sp³-hybridized carbons (Fsp3) is 0.933. The molecule has 0 aromatic heterocycles. The Morgan fingerprint density at radius 2 is 1.89 bits per heavy atom. The molecule has 18 heavy (non-hydrogen) atoms. The summed E-state index contributed by atoms with van der Waals surface area (Å²) in [5, 5.41) is 3.04. The average Bonchev–Trinajstić information content (AvgIpc) is 2.33. The maximum Gasteiger partial charge on any atom is 0.234 e. The van der Waals surface area contributed by atoms with E-state index >= 15 is 0 Å². The van der Waals surface area contributed by atoms with Gasteiger partial charge in [0.1, 0.15) is 0 Å². The Balaban J connectivity index is 3.82. The normalized spacial score (nSPS) is 13.1. The van der Waals surface area contributed by atoms with Crippen molar-refractivity contribution in [1.29, 1.82) is 0 Å². The molecule has 0 heterocycles. The summed E-state index contributed by atoms with van der Waals surface area (Å²) in [7, 11) is 0. The van der Waals surface area contributed by atoms with Crippen molar-refractivity contribution in [2.45, 2.75) is 53.9 Å². The molecule has 1 atom stereocenters. The first-order valence-electron chi connectivity index (χ1n) is 7.54. The number of nitrogens with zero attached hydrogens (tertiary/aromatic N) is 1. The van der Waals surface area contributed by atoms with Crippen LogP contribution < -0.4 is 5.32 Å². The molecular weight excluding hydrogens is 224 g/mol. The van der Waals surface area contributed by atoms with E-state index in [1.807, 2.05) is 0 Å². The Morgan fingerprint density at radius 1 is 1.22 bits per heavy atom. The van der Waals surface area contributed by atoms with E-state index in [0.29, 0.717) is 12.5 Å². The van der Waals surface area contributed by atoms with Gasteiger partial charge in [-0.15, -0.1) is 0 Å². The van der Waals surface area contributed by atoms with E-state index in [1.165, 1.54) is 6.42 Å². The smallest absolute Gasteiger partial charge is 0.234 e. The molecule has 1 N–H and O–H groups in total. The molecule has 0 aliphatic carbocycles. The van der Waals surface area contributed by atoms with E-state index in [1.54, 1.807) is 0 Å². The number of carbonyl (C=O) groups is 1. The number of likely N-dealkylation sites (N-methyl/N-ethyl adjacent to an activating group) is 1. The summed E-state index contributed by atoms with van der Waals surface area (Å²) in [4.78, 5) is 14.0. The van der Waals surface area contributed by atoms with Gasteiger partial charge in [0, 0.05) is 6.54 Å². The summed E-state index contributed by atoms with van der Waals surface area (Å²) >= 11 is 0. The fourth-order valence-electron chi connectivity index (χ4n) is 2.33. The first kappa shape index (κ1) is 17.4. The lowest BCUT2D eigenvalue weighted by Gasteiger charge is -2.21. The van der Waals surface area contributed by atoms with Gasteiger partial charge in [-0.05, 0) is 37.8 Å². The molecule has 0 fully saturated rings. The quantitative estimate of drug-likeness (QED) is 0.652. The summed E-state index contributed by atoms with van der Waals surface area (Å²) < 4.78 is 0. The van der Waals surface area contributed by atoms with E-state index in [2.05, 4.69) is 44.8 Å². The third kappa shape index (κ3) is 7.70. The molecule has 0 radical (unpaired) electrons. The fourth-order valence-corrected chi connectivity index (χ4v) is 2.33. The second-order valence-electron chi connectivity index (χ2n) is 5.42. The predicted molar refractivity (Wildman–Crippen MR) is 78.7 cm³/mol. The highest BCUT2D eigenvalue weighted by atomic mass is 16.2. The summed E-state index contributed by atoms with van der Waals surface area (Å²) in [6.45, 7) is 14.3. The molecule has 3 heteroatoms. The predicted octanol–water partition coefficient (Wildman–Crippen LogP) is 2.91. The van der Waals surface area contributed by atoms with Crippen molar-refractivity contribution < 1.29 is 4.79 Å². The highest BCUT2D eigenvalue weighted by Crippen LogP contribution is 2.17. The van der Waals surface area contributed by atoms with Crippen LogP contribution in [0.1, 0.15) is 53.9 Å². The number of carbonyl (C=O) groups excluding carboxylic acids is 1. The first-order chi connectivity index (χ1) is 8.54. The summed E-state index contributed by atoms with van der Waals surface area (Å²) in [6.07, 6.45) is 3.40. The minimum absolute atomic E-state index is 0.170. The van der Waals surface area contributed by atoms with E-state index < -0.39 is 0 Å². The average molecular weight is 256 g/mol. The second kappa shape index (κ2) is 10.4. The van der Waals surface area contributed by atoms with Crippen molar-refractivity contribution in [3.63, 3.8) is 0 Å². The Morgan fingerprint density at radius 3 is 2.33 bits per heavy atom. The molecule has 0 saturated heterocycles. The van der Waals surface area contributed by atoms with E-state index in [4.69, 9.17) is 0 Å². The van der Waals surface area contributed by atoms with E-state index in [0.717, 1.165) is 38.4 Å². The third-order valence-corrected chi connectivity index (χ3v) is 3.66. The standard InChI is InChI=1S/C15H32N2O/c1-6-11-17(8-3)12-15(18)16-10-9-14(7-2)13(4)5/h13-14H,6-12H2,1-5H3,(H,16,18). The minimum atomic E-state index is 0.170. The molecule has 0 aliphatic heterocycles. The van der Waals surface area contributed by atoms with Crippen molar-refractivity contribution in [1.82, 2.24) is 10.2 Å². The molecular formula is C15H32N2O. The van der Waals surface area contributed by atoms with Gasteiger partial charge in [-0.2, -0.15) is 0 Å². The summed E-state index contributed by atoms with van der Waals surface area (Å²) in [5.41, 5.74) is 0. The zero-order valence-electron chi connectivity index (χ0n) is 13.0. The van der Waals surface area contributed by atoms with Crippen LogP contribution in [-0.2, 0) is 4.79 Å². The van der Waals surface area contributed by atoms with Gasteiger partial charge in [0.05, 0.1) is 6.54 Å². The third-order valence-electron chi connectivity index (χ3n) is 3.66. The number of nitrogens with one attached hydrogen (secondary N) is 1. The molecule has 0 aliphatic rings. The minimum Gasteiger partial charge on any atom is -0.355 e. The highest BCUT2D eigenvalue weighted by Gasteiger charge is 2.12. The number of hydrogen-bond donors (Lipinski definition) is 1. The molecule has 0 spiro atoms. The van der Waals surface area contributed by atoms with Gasteiger partial charge >= 0.3 is 0 Å². The maximum absolute atomic E-state index is 11.8. The van der Waals surface area contributed by atoms with Crippen LogP contribution in [0.5, 0.6) is 0 Å². The van der Waals surface area contributed by atoms with Crippen LogP contribution in [0.4, 0.5) is 0 Å². The van der Waals surface area contributed by atoms with Gasteiger partial charge in [-0.3, -0.25) is 9.69 Å². The lowest BCUT2D eigenvalue weighted by Crippen LogP contribution is -2.38. The van der Waals surface area contributed by atoms with Crippen molar-refractivity contribution >= 4 is 5.91 Å². The number of hydrogen-bond acceptors (Lipinski definition) is 2. The van der Waals surface area contributed by atoms with Crippen LogP contribution in [-0.4, -0.2) is 37.0 Å². The van der Waals surface area contributed by atoms with Crippen molar-refractivity contribution in [3.8, 4) is 0 Å². The molecule has 1 unspecified atom stereocenters. The zero-order valence-corrected chi connectivity index (χ0v) is 13.0. The Hall–Kier alpha value is -0.570. The van der Waals surface area contributed by atoms with E-state index in [-0.39, 0.29) is 5.91 Å². The second-order valence-corrected chi connectivity index (χ2v) is 5.42. The van der Waals surface area contributed by atoms with Crippen LogP contribution in [0, 0.1) is 11.8 Å². The molecule has 0 saturated carbocycles. The molecule has 0 bridgehead atoms. The lowest BCUT2D eigenvalue weighted by atomic mass is 9.90. The molecule has 108 valence electrons. The van der Waals surface area contributed by atoms with Gasteiger partial charge < -0.3 is 5.32 Å². The molecule has 1 amide bonds. The highest BCUT2D eigenvalue weighted by molar-refractivity contribution is 5.77. The SMILES string of the molecule is CCCN(CC)CC(=O)NCCC(CC)C(C)C. The van der Waals surface area contributed by atoms with Crippen molar-refractivity contribution in [3.05, 3.63) is 0 Å². The van der Waals surface area contributed by atoms with Crippen molar-refractivity contribution in [2.24, 2.45) is 11.8 Å². The lowest BCUT2D eigenvalue weighted by molar-refractivity contribution is -0.122. The largest absolute Gasteiger partial charge is 0.355 e. The molecule has 0 aromatic carbocycles. The van der Waals surface area contributed by atoms with Crippen LogP contribution in [0.3, 0.4) is 0 Å². The number of amides is 1. The van der Waals surface area contributed by atoms with Crippen LogP contribution in [0.15, 0.2) is 0 Å². The van der Waals surface area contributed by atoms with E-state index in [9.17, 15) is 4.79 Å². The zero-order chi connectivity index (χ0) is 14.0. The monoisotopic (exact) mass is 256 g/mol.